The van der Waals surface area contributed by atoms with Gasteiger partial charge in [-0.15, -0.1) is 5.73 Å². The van der Waals surface area contributed by atoms with Crippen LogP contribution in [0.2, 0.25) is 0 Å². The summed E-state index contributed by atoms with van der Waals surface area (Å²) in [5, 5.41) is 0.169. The van der Waals surface area contributed by atoms with Gasteiger partial charge >= 0.3 is 0 Å². The molecule has 2 nitrogen and oxygen atoms in total. The second-order valence-corrected chi connectivity index (χ2v) is 4.93. The van der Waals surface area contributed by atoms with E-state index in [1.165, 1.54) is 11.8 Å². The number of ketones is 1. The van der Waals surface area contributed by atoms with E-state index in [1.54, 1.807) is 19.1 Å². The molecule has 0 aromatic rings. The van der Waals surface area contributed by atoms with E-state index in [2.05, 4.69) is 5.73 Å². The van der Waals surface area contributed by atoms with Crippen molar-refractivity contribution in [3.05, 3.63) is 29.5 Å². The maximum Gasteiger partial charge on any atom is 0.185 e. The first-order chi connectivity index (χ1) is 7.70. The Labute approximate surface area is 100 Å². The molecule has 0 amide bonds. The predicted molar refractivity (Wildman–Crippen MR) is 67.4 cm³/mol. The number of thioether (sulfide) groups is 1. The molecule has 0 spiro atoms. The minimum Gasteiger partial charge on any atom is -0.293 e. The van der Waals surface area contributed by atoms with Gasteiger partial charge in [-0.25, -0.2) is 0 Å². The van der Waals surface area contributed by atoms with Crippen LogP contribution in [-0.2, 0) is 9.59 Å². The second-order valence-electron chi connectivity index (χ2n) is 3.66. The molecule has 1 aliphatic carbocycles. The number of allylic oxidation sites excluding steroid dienone is 3. The lowest BCUT2D eigenvalue weighted by Gasteiger charge is -1.99. The zero-order chi connectivity index (χ0) is 11.8. The van der Waals surface area contributed by atoms with Crippen LogP contribution in [-0.4, -0.2) is 16.7 Å². The van der Waals surface area contributed by atoms with Crippen LogP contribution in [0.4, 0.5) is 0 Å². The van der Waals surface area contributed by atoms with Gasteiger partial charge in [-0.2, -0.15) is 0 Å². The first-order valence-corrected chi connectivity index (χ1v) is 6.48. The van der Waals surface area contributed by atoms with Crippen LogP contribution < -0.4 is 0 Å². The topological polar surface area (TPSA) is 34.1 Å². The standard InChI is InChI=1S/C13H16O2S/c1-11(14)16-10-6-2-3-9-13(15)12-7-4-5-8-12/h4-5,7H,2-3,6,9-10H2,1H3. The van der Waals surface area contributed by atoms with Crippen molar-refractivity contribution in [1.29, 1.82) is 0 Å². The largest absolute Gasteiger partial charge is 0.293 e. The lowest BCUT2D eigenvalue weighted by molar-refractivity contribution is -0.115. The van der Waals surface area contributed by atoms with E-state index in [4.69, 9.17) is 0 Å². The molecule has 0 heterocycles. The minimum atomic E-state index is 0.169. The number of Topliss-reactive ketones (excluding diaryl/α,β-unsaturated/α-hetero) is 1. The number of unbranched alkanes of at least 4 members (excludes halogenated alkanes) is 2. The van der Waals surface area contributed by atoms with Gasteiger partial charge in [0.25, 0.3) is 0 Å². The molecule has 0 atom stereocenters. The maximum atomic E-state index is 11.6. The zero-order valence-electron chi connectivity index (χ0n) is 9.49. The summed E-state index contributed by atoms with van der Waals surface area (Å²) >= 11 is 1.36. The van der Waals surface area contributed by atoms with Gasteiger partial charge in [0.1, 0.15) is 0 Å². The van der Waals surface area contributed by atoms with Crippen molar-refractivity contribution in [3.8, 4) is 0 Å². The summed E-state index contributed by atoms with van der Waals surface area (Å²) in [6.07, 6.45) is 8.89. The fourth-order valence-electron chi connectivity index (χ4n) is 1.42. The molecule has 0 aromatic carbocycles. The molecule has 0 aromatic heterocycles. The molecule has 0 saturated carbocycles. The van der Waals surface area contributed by atoms with Crippen LogP contribution in [0.3, 0.4) is 0 Å². The normalized spacial score (nSPS) is 12.9. The van der Waals surface area contributed by atoms with Gasteiger partial charge in [-0.05, 0) is 25.0 Å². The number of carbonyl (C=O) groups is 2. The van der Waals surface area contributed by atoms with Crippen molar-refractivity contribution in [2.75, 3.05) is 5.75 Å². The van der Waals surface area contributed by atoms with E-state index in [1.807, 2.05) is 6.08 Å². The van der Waals surface area contributed by atoms with Gasteiger partial charge < -0.3 is 0 Å². The first-order valence-electron chi connectivity index (χ1n) is 5.50. The summed E-state index contributed by atoms with van der Waals surface area (Å²) in [7, 11) is 0. The second kappa shape index (κ2) is 7.26. The molecule has 0 unspecified atom stereocenters. The lowest BCUT2D eigenvalue weighted by atomic mass is 10.1. The molecule has 0 fully saturated rings. The maximum absolute atomic E-state index is 11.6. The number of hydrogen-bond acceptors (Lipinski definition) is 3. The highest BCUT2D eigenvalue weighted by molar-refractivity contribution is 8.13. The van der Waals surface area contributed by atoms with Crippen LogP contribution in [0.25, 0.3) is 0 Å². The van der Waals surface area contributed by atoms with Crippen LogP contribution in [0.1, 0.15) is 32.6 Å². The smallest absolute Gasteiger partial charge is 0.185 e. The van der Waals surface area contributed by atoms with E-state index >= 15 is 0 Å². The summed E-state index contributed by atoms with van der Waals surface area (Å²) < 4.78 is 0. The van der Waals surface area contributed by atoms with E-state index in [9.17, 15) is 9.59 Å². The van der Waals surface area contributed by atoms with Crippen LogP contribution in [0.15, 0.2) is 29.5 Å². The Morgan fingerprint density at radius 2 is 2.12 bits per heavy atom. The van der Waals surface area contributed by atoms with Crippen LogP contribution in [0.5, 0.6) is 0 Å². The fraction of sp³-hybridized carbons (Fsp3) is 0.462. The quantitative estimate of drug-likeness (QED) is 0.503. The summed E-state index contributed by atoms with van der Waals surface area (Å²) in [6, 6.07) is 0. The van der Waals surface area contributed by atoms with E-state index in [-0.39, 0.29) is 10.9 Å². The summed E-state index contributed by atoms with van der Waals surface area (Å²) in [6.45, 7) is 1.58. The van der Waals surface area contributed by atoms with Crippen molar-refractivity contribution in [2.24, 2.45) is 0 Å². The lowest BCUT2D eigenvalue weighted by Crippen LogP contribution is -1.98. The van der Waals surface area contributed by atoms with Crippen LogP contribution in [0, 0.1) is 0 Å². The number of hydrogen-bond donors (Lipinski definition) is 0. The van der Waals surface area contributed by atoms with Gasteiger partial charge in [0.05, 0.1) is 5.57 Å². The third kappa shape index (κ3) is 5.15. The Morgan fingerprint density at radius 3 is 2.75 bits per heavy atom. The highest BCUT2D eigenvalue weighted by Crippen LogP contribution is 2.12. The van der Waals surface area contributed by atoms with Gasteiger partial charge in [0, 0.05) is 19.1 Å². The summed E-state index contributed by atoms with van der Waals surface area (Å²) in [4.78, 5) is 22.2. The van der Waals surface area contributed by atoms with Crippen molar-refractivity contribution in [3.63, 3.8) is 0 Å². The Kier molecular flexibility index (Phi) is 5.91. The zero-order valence-corrected chi connectivity index (χ0v) is 10.3. The summed E-state index contributed by atoms with van der Waals surface area (Å²) in [5.41, 5.74) is 3.60. The van der Waals surface area contributed by atoms with Gasteiger partial charge in [0.15, 0.2) is 10.9 Å². The Morgan fingerprint density at radius 1 is 1.31 bits per heavy atom. The van der Waals surface area contributed by atoms with Gasteiger partial charge in [-0.3, -0.25) is 9.59 Å². The van der Waals surface area contributed by atoms with Crippen molar-refractivity contribution < 1.29 is 9.59 Å². The Balaban J connectivity index is 2.03. The van der Waals surface area contributed by atoms with Crippen molar-refractivity contribution in [1.82, 2.24) is 0 Å². The fourth-order valence-corrected chi connectivity index (χ4v) is 2.05. The Hall–Kier alpha value is -1.05. The molecule has 1 rings (SSSR count). The molecule has 0 radical (unpaired) electrons. The molecule has 0 saturated heterocycles. The molecule has 16 heavy (non-hydrogen) atoms. The van der Waals surface area contributed by atoms with E-state index < -0.39 is 0 Å². The first kappa shape index (κ1) is 13.0. The highest BCUT2D eigenvalue weighted by atomic mass is 32.2. The molecule has 0 N–H and O–H groups in total. The highest BCUT2D eigenvalue weighted by Gasteiger charge is 2.06. The monoisotopic (exact) mass is 236 g/mol. The average Bonchev–Trinajstić information content (AvgIpc) is 2.75. The van der Waals surface area contributed by atoms with Gasteiger partial charge in [-0.1, -0.05) is 24.3 Å². The molecule has 1 aliphatic rings. The Bertz CT molecular complexity index is 360. The summed E-state index contributed by atoms with van der Waals surface area (Å²) in [5.74, 6) is 1.04. The van der Waals surface area contributed by atoms with E-state index in [0.717, 1.165) is 25.0 Å². The molecule has 3 heteroatoms. The number of rotatable bonds is 7. The predicted octanol–water partition coefficient (Wildman–Crippen LogP) is 3.05. The average molecular weight is 236 g/mol. The molecular formula is C13H16O2S. The third-order valence-corrected chi connectivity index (χ3v) is 3.15. The SMILES string of the molecule is CC(=O)SCCCCCC(=O)C1=C=CC=C1. The molecule has 0 aliphatic heterocycles. The van der Waals surface area contributed by atoms with Gasteiger partial charge in [0.2, 0.25) is 0 Å². The van der Waals surface area contributed by atoms with Crippen molar-refractivity contribution in [2.45, 2.75) is 32.6 Å². The molecule has 0 bridgehead atoms. The minimum absolute atomic E-state index is 0.169. The molecule has 86 valence electrons. The molecular weight excluding hydrogens is 220 g/mol. The van der Waals surface area contributed by atoms with Crippen molar-refractivity contribution >= 4 is 22.7 Å². The number of carbonyl (C=O) groups excluding carboxylic acids is 2. The third-order valence-electron chi connectivity index (χ3n) is 2.25. The van der Waals surface area contributed by atoms with Crippen LogP contribution >= 0.6 is 11.8 Å². The van der Waals surface area contributed by atoms with E-state index in [0.29, 0.717) is 12.0 Å².